The molecule has 1 aliphatic carbocycles. The number of hydrogen-bond acceptors (Lipinski definition) is 2. The summed E-state index contributed by atoms with van der Waals surface area (Å²) in [5.74, 6) is 0.554. The van der Waals surface area contributed by atoms with E-state index in [1.807, 2.05) is 13.8 Å². The summed E-state index contributed by atoms with van der Waals surface area (Å²) in [5, 5.41) is 0. The van der Waals surface area contributed by atoms with Crippen molar-refractivity contribution in [2.24, 2.45) is 5.92 Å². The molecule has 0 aromatic rings. The summed E-state index contributed by atoms with van der Waals surface area (Å²) >= 11 is 0. The summed E-state index contributed by atoms with van der Waals surface area (Å²) in [4.78, 5) is 13.7. The van der Waals surface area contributed by atoms with Gasteiger partial charge in [0.1, 0.15) is 5.78 Å². The molecule has 13 heavy (non-hydrogen) atoms. The molecular weight excluding hydrogens is 162 g/mol. The summed E-state index contributed by atoms with van der Waals surface area (Å²) in [6.07, 6.45) is 5.24. The van der Waals surface area contributed by atoms with Crippen LogP contribution in [0.3, 0.4) is 0 Å². The zero-order valence-corrected chi connectivity index (χ0v) is 9.05. The molecule has 2 nitrogen and oxygen atoms in total. The average Bonchev–Trinajstić information content (AvgIpc) is 2.55. The van der Waals surface area contributed by atoms with Crippen molar-refractivity contribution >= 4 is 5.78 Å². The highest BCUT2D eigenvalue weighted by Gasteiger charge is 2.21. The maximum atomic E-state index is 11.5. The Hall–Kier alpha value is -0.370. The Bertz CT molecular complexity index is 171. The molecular formula is C11H21NO. The highest BCUT2D eigenvalue weighted by molar-refractivity contribution is 5.82. The number of ketones is 1. The van der Waals surface area contributed by atoms with E-state index in [0.717, 1.165) is 0 Å². The summed E-state index contributed by atoms with van der Waals surface area (Å²) in [6, 6.07) is 0.669. The SMILES string of the molecule is CC(C)C(=O)CN(C)C1CCCC1. The summed E-state index contributed by atoms with van der Waals surface area (Å²) < 4.78 is 0. The predicted octanol–water partition coefficient (Wildman–Crippen LogP) is 2.09. The number of nitrogens with zero attached hydrogens (tertiary/aromatic N) is 1. The number of hydrogen-bond donors (Lipinski definition) is 0. The first-order chi connectivity index (χ1) is 6.11. The molecule has 0 saturated heterocycles. The Morgan fingerprint density at radius 2 is 1.92 bits per heavy atom. The van der Waals surface area contributed by atoms with Crippen molar-refractivity contribution in [3.05, 3.63) is 0 Å². The number of carbonyl (C=O) groups excluding carboxylic acids is 1. The van der Waals surface area contributed by atoms with E-state index in [2.05, 4.69) is 11.9 Å². The highest BCUT2D eigenvalue weighted by atomic mass is 16.1. The molecule has 1 fully saturated rings. The van der Waals surface area contributed by atoms with E-state index < -0.39 is 0 Å². The Labute approximate surface area is 81.3 Å². The van der Waals surface area contributed by atoms with Crippen molar-refractivity contribution < 1.29 is 4.79 Å². The molecule has 0 radical (unpaired) electrons. The lowest BCUT2D eigenvalue weighted by molar-refractivity contribution is -0.123. The van der Waals surface area contributed by atoms with Gasteiger partial charge in [0.25, 0.3) is 0 Å². The normalized spacial score (nSPS) is 18.8. The van der Waals surface area contributed by atoms with E-state index in [-0.39, 0.29) is 5.92 Å². The molecule has 0 aromatic heterocycles. The second kappa shape index (κ2) is 4.75. The third-order valence-electron chi connectivity index (χ3n) is 3.00. The van der Waals surface area contributed by atoms with Crippen molar-refractivity contribution in [1.29, 1.82) is 0 Å². The molecule has 0 unspecified atom stereocenters. The topological polar surface area (TPSA) is 20.3 Å². The van der Waals surface area contributed by atoms with Gasteiger partial charge in [-0.1, -0.05) is 26.7 Å². The van der Waals surface area contributed by atoms with Crippen LogP contribution in [0.1, 0.15) is 39.5 Å². The maximum absolute atomic E-state index is 11.5. The summed E-state index contributed by atoms with van der Waals surface area (Å²) in [5.41, 5.74) is 0. The average molecular weight is 183 g/mol. The lowest BCUT2D eigenvalue weighted by Gasteiger charge is -2.23. The van der Waals surface area contributed by atoms with Gasteiger partial charge in [0, 0.05) is 12.0 Å². The van der Waals surface area contributed by atoms with Crippen LogP contribution in [-0.2, 0) is 4.79 Å². The monoisotopic (exact) mass is 183 g/mol. The minimum Gasteiger partial charge on any atom is -0.298 e. The van der Waals surface area contributed by atoms with Gasteiger partial charge < -0.3 is 0 Å². The Morgan fingerprint density at radius 3 is 2.38 bits per heavy atom. The minimum absolute atomic E-state index is 0.184. The van der Waals surface area contributed by atoms with Gasteiger partial charge in [0.2, 0.25) is 0 Å². The lowest BCUT2D eigenvalue weighted by Crippen LogP contribution is -2.35. The van der Waals surface area contributed by atoms with E-state index in [9.17, 15) is 4.79 Å². The van der Waals surface area contributed by atoms with Crippen molar-refractivity contribution in [3.8, 4) is 0 Å². The molecule has 0 spiro atoms. The lowest BCUT2D eigenvalue weighted by atomic mass is 10.1. The van der Waals surface area contributed by atoms with Crippen molar-refractivity contribution in [3.63, 3.8) is 0 Å². The van der Waals surface area contributed by atoms with Gasteiger partial charge in [0.15, 0.2) is 0 Å². The zero-order valence-electron chi connectivity index (χ0n) is 9.05. The smallest absolute Gasteiger partial charge is 0.149 e. The van der Waals surface area contributed by atoms with Crippen LogP contribution in [0.4, 0.5) is 0 Å². The van der Waals surface area contributed by atoms with E-state index >= 15 is 0 Å². The second-order valence-electron chi connectivity index (χ2n) is 4.47. The van der Waals surface area contributed by atoms with E-state index in [1.54, 1.807) is 0 Å². The number of rotatable bonds is 4. The molecule has 0 bridgehead atoms. The molecule has 1 rings (SSSR count). The van der Waals surface area contributed by atoms with Crippen LogP contribution < -0.4 is 0 Å². The summed E-state index contributed by atoms with van der Waals surface area (Å²) in [6.45, 7) is 4.60. The first kappa shape index (κ1) is 10.7. The van der Waals surface area contributed by atoms with Crippen molar-refractivity contribution in [2.45, 2.75) is 45.6 Å². The number of likely N-dealkylation sites (N-methyl/N-ethyl adjacent to an activating group) is 1. The number of carbonyl (C=O) groups is 1. The Kier molecular flexibility index (Phi) is 3.91. The third kappa shape index (κ3) is 3.11. The van der Waals surface area contributed by atoms with Crippen LogP contribution in [0, 0.1) is 5.92 Å². The van der Waals surface area contributed by atoms with E-state index in [0.29, 0.717) is 18.4 Å². The van der Waals surface area contributed by atoms with Gasteiger partial charge in [-0.3, -0.25) is 9.69 Å². The molecule has 0 atom stereocenters. The van der Waals surface area contributed by atoms with Gasteiger partial charge in [0.05, 0.1) is 6.54 Å². The fraction of sp³-hybridized carbons (Fsp3) is 0.909. The third-order valence-corrected chi connectivity index (χ3v) is 3.00. The van der Waals surface area contributed by atoms with Crippen LogP contribution in [0.5, 0.6) is 0 Å². The summed E-state index contributed by atoms with van der Waals surface area (Å²) in [7, 11) is 2.08. The predicted molar refractivity (Wildman–Crippen MR) is 54.7 cm³/mol. The van der Waals surface area contributed by atoms with Crippen LogP contribution >= 0.6 is 0 Å². The van der Waals surface area contributed by atoms with Crippen LogP contribution in [0.15, 0.2) is 0 Å². The molecule has 2 heteroatoms. The highest BCUT2D eigenvalue weighted by Crippen LogP contribution is 2.22. The number of Topliss-reactive ketones (excluding diaryl/α,β-unsaturated/α-hetero) is 1. The van der Waals surface area contributed by atoms with E-state index in [4.69, 9.17) is 0 Å². The molecule has 1 saturated carbocycles. The molecule has 76 valence electrons. The van der Waals surface area contributed by atoms with Gasteiger partial charge in [-0.15, -0.1) is 0 Å². The van der Waals surface area contributed by atoms with Crippen molar-refractivity contribution in [2.75, 3.05) is 13.6 Å². The minimum atomic E-state index is 0.184. The zero-order chi connectivity index (χ0) is 9.84. The van der Waals surface area contributed by atoms with Crippen LogP contribution in [-0.4, -0.2) is 30.3 Å². The van der Waals surface area contributed by atoms with Crippen LogP contribution in [0.25, 0.3) is 0 Å². The van der Waals surface area contributed by atoms with Crippen molar-refractivity contribution in [1.82, 2.24) is 4.90 Å². The van der Waals surface area contributed by atoms with Crippen LogP contribution in [0.2, 0.25) is 0 Å². The fourth-order valence-corrected chi connectivity index (χ4v) is 1.90. The van der Waals surface area contributed by atoms with E-state index in [1.165, 1.54) is 25.7 Å². The Morgan fingerprint density at radius 1 is 1.38 bits per heavy atom. The quantitative estimate of drug-likeness (QED) is 0.665. The molecule has 0 aliphatic heterocycles. The molecule has 0 aromatic carbocycles. The van der Waals surface area contributed by atoms with Gasteiger partial charge in [-0.25, -0.2) is 0 Å². The maximum Gasteiger partial charge on any atom is 0.149 e. The van der Waals surface area contributed by atoms with Gasteiger partial charge in [-0.05, 0) is 19.9 Å². The molecule has 0 heterocycles. The van der Waals surface area contributed by atoms with Gasteiger partial charge >= 0.3 is 0 Å². The largest absolute Gasteiger partial charge is 0.298 e. The molecule has 0 amide bonds. The van der Waals surface area contributed by atoms with Gasteiger partial charge in [-0.2, -0.15) is 0 Å². The second-order valence-corrected chi connectivity index (χ2v) is 4.47. The first-order valence-corrected chi connectivity index (χ1v) is 5.34. The first-order valence-electron chi connectivity index (χ1n) is 5.34. The Balaban J connectivity index is 2.31. The molecule has 1 aliphatic rings. The standard InChI is InChI=1S/C11H21NO/c1-9(2)11(13)8-12(3)10-6-4-5-7-10/h9-10H,4-8H2,1-3H3. The molecule has 0 N–H and O–H groups in total. The fourth-order valence-electron chi connectivity index (χ4n) is 1.90.